The molecule has 2 unspecified atom stereocenters. The van der Waals surface area contributed by atoms with Crippen LogP contribution in [0.3, 0.4) is 0 Å². The Morgan fingerprint density at radius 1 is 1.35 bits per heavy atom. The van der Waals surface area contributed by atoms with Crippen molar-refractivity contribution in [2.24, 2.45) is 39.8 Å². The molecule has 2 aromatic rings. The van der Waals surface area contributed by atoms with Crippen molar-refractivity contribution < 1.29 is 14.3 Å². The summed E-state index contributed by atoms with van der Waals surface area (Å²) in [5, 5.41) is 9.79. The first-order chi connectivity index (χ1) is 16.3. The van der Waals surface area contributed by atoms with E-state index in [2.05, 4.69) is 60.2 Å². The number of carbonyl (C=O) groups is 1. The summed E-state index contributed by atoms with van der Waals surface area (Å²) in [7, 11) is 0. The minimum absolute atomic E-state index is 0.188. The van der Waals surface area contributed by atoms with E-state index >= 15 is 0 Å². The Bertz CT molecular complexity index is 1190. The number of aliphatic imine (C=N–C) groups is 1. The van der Waals surface area contributed by atoms with Gasteiger partial charge in [0.2, 0.25) is 5.91 Å². The second kappa shape index (κ2) is 8.92. The van der Waals surface area contributed by atoms with Gasteiger partial charge in [-0.2, -0.15) is 0 Å². The highest BCUT2D eigenvalue weighted by Gasteiger charge is 2.65. The topological polar surface area (TPSA) is 88.8 Å². The van der Waals surface area contributed by atoms with Gasteiger partial charge in [0.05, 0.1) is 12.4 Å². The Labute approximate surface area is 201 Å². The van der Waals surface area contributed by atoms with Gasteiger partial charge in [-0.25, -0.2) is 0 Å². The fourth-order valence-electron chi connectivity index (χ4n) is 6.00. The molecule has 2 aliphatic carbocycles. The fraction of sp³-hybridized carbons (Fsp3) is 0.448. The van der Waals surface area contributed by atoms with Crippen molar-refractivity contribution >= 4 is 11.6 Å². The van der Waals surface area contributed by atoms with Crippen molar-refractivity contribution in [2.75, 3.05) is 0 Å². The molecule has 3 N–H and O–H groups in total. The second-order valence-corrected chi connectivity index (χ2v) is 10.5. The number of hydrogen-bond donors (Lipinski definition) is 2. The van der Waals surface area contributed by atoms with Gasteiger partial charge in [-0.3, -0.25) is 9.79 Å². The number of amides is 1. The summed E-state index contributed by atoms with van der Waals surface area (Å²) in [5.74, 6) is 9.29. The van der Waals surface area contributed by atoms with Gasteiger partial charge in [0.1, 0.15) is 5.76 Å². The molecule has 0 spiro atoms. The first-order valence-corrected chi connectivity index (χ1v) is 12.2. The SMILES string of the molecule is C[C@H](O)C1=NC=CC(Cc2coc(-c3ccc(C#C[C@H]4[C@@H]5CC(CC(N)=O)C[C@]45C)cc3)c2)C1. The number of nitrogens with zero attached hydrogens (tertiary/aromatic N) is 1. The van der Waals surface area contributed by atoms with Crippen molar-refractivity contribution in [3.8, 4) is 23.2 Å². The number of aliphatic hydroxyl groups excluding tert-OH is 1. The lowest BCUT2D eigenvalue weighted by molar-refractivity contribution is -0.118. The number of hydrogen-bond acceptors (Lipinski definition) is 4. The predicted molar refractivity (Wildman–Crippen MR) is 133 cm³/mol. The number of benzene rings is 1. The van der Waals surface area contributed by atoms with Crippen LogP contribution in [0, 0.1) is 40.9 Å². The minimum Gasteiger partial charge on any atom is -0.464 e. The van der Waals surface area contributed by atoms with Gasteiger partial charge in [0, 0.05) is 35.4 Å². The van der Waals surface area contributed by atoms with E-state index in [1.807, 2.05) is 6.26 Å². The standard InChI is InChI=1S/C29H32N2O3/c1-18(32)26-13-20(9-10-31-26)11-22-14-27(34-17-22)23-6-3-19(4-7-23)5-8-24-25-12-21(15-28(30)33)16-29(24,25)2/h3-4,6-7,9-10,14,17-18,20-21,24-25,32H,11-13,15-16H2,1-2H3,(H2,30,33)/t18-,20?,21?,24-,25-,29+/m0/s1. The van der Waals surface area contributed by atoms with Gasteiger partial charge >= 0.3 is 0 Å². The first-order valence-electron chi connectivity index (χ1n) is 12.2. The molecule has 5 heteroatoms. The molecule has 0 radical (unpaired) electrons. The number of rotatable bonds is 6. The molecule has 5 rings (SSSR count). The smallest absolute Gasteiger partial charge is 0.217 e. The number of fused-ring (bicyclic) bond motifs is 1. The highest BCUT2D eigenvalue weighted by molar-refractivity contribution is 5.89. The molecule has 2 saturated carbocycles. The van der Waals surface area contributed by atoms with Gasteiger partial charge in [0.25, 0.3) is 0 Å². The zero-order valence-electron chi connectivity index (χ0n) is 19.8. The van der Waals surface area contributed by atoms with Crippen LogP contribution in [-0.2, 0) is 11.2 Å². The molecular formula is C29H32N2O3. The monoisotopic (exact) mass is 456 g/mol. The van der Waals surface area contributed by atoms with Crippen LogP contribution in [-0.4, -0.2) is 22.8 Å². The van der Waals surface area contributed by atoms with E-state index in [4.69, 9.17) is 10.2 Å². The van der Waals surface area contributed by atoms with E-state index in [-0.39, 0.29) is 11.3 Å². The summed E-state index contributed by atoms with van der Waals surface area (Å²) in [4.78, 5) is 15.5. The minimum atomic E-state index is -0.505. The van der Waals surface area contributed by atoms with Gasteiger partial charge in [0.15, 0.2) is 0 Å². The Balaban J connectivity index is 1.18. The maximum atomic E-state index is 11.2. The third-order valence-electron chi connectivity index (χ3n) is 7.90. The van der Waals surface area contributed by atoms with E-state index in [0.29, 0.717) is 30.1 Å². The zero-order chi connectivity index (χ0) is 23.9. The van der Waals surface area contributed by atoms with Gasteiger partial charge in [-0.1, -0.05) is 37.0 Å². The van der Waals surface area contributed by atoms with Crippen molar-refractivity contribution in [3.05, 3.63) is 60.0 Å². The molecular weight excluding hydrogens is 424 g/mol. The fourth-order valence-corrected chi connectivity index (χ4v) is 6.00. The molecule has 6 atom stereocenters. The van der Waals surface area contributed by atoms with Crippen LogP contribution < -0.4 is 5.73 Å². The molecule has 176 valence electrons. The summed E-state index contributed by atoms with van der Waals surface area (Å²) < 4.78 is 5.84. The molecule has 3 aliphatic rings. The number of allylic oxidation sites excluding steroid dienone is 1. The number of carbonyl (C=O) groups excluding carboxylic acids is 1. The predicted octanol–water partition coefficient (Wildman–Crippen LogP) is 4.73. The zero-order valence-corrected chi connectivity index (χ0v) is 19.8. The lowest BCUT2D eigenvalue weighted by Gasteiger charge is -2.18. The molecule has 1 aromatic heterocycles. The van der Waals surface area contributed by atoms with E-state index in [0.717, 1.165) is 53.8 Å². The normalized spacial score (nSPS) is 30.1. The second-order valence-electron chi connectivity index (χ2n) is 10.5. The molecule has 2 heterocycles. The number of nitrogens with two attached hydrogens (primary N) is 1. The Morgan fingerprint density at radius 3 is 2.82 bits per heavy atom. The molecule has 1 aromatic carbocycles. The summed E-state index contributed by atoms with van der Waals surface area (Å²) in [6, 6.07) is 10.3. The Morgan fingerprint density at radius 2 is 2.15 bits per heavy atom. The van der Waals surface area contributed by atoms with Crippen molar-refractivity contribution in [2.45, 2.75) is 52.1 Å². The molecule has 1 amide bonds. The summed E-state index contributed by atoms with van der Waals surface area (Å²) in [6.45, 7) is 4.06. The average Bonchev–Trinajstić information content (AvgIpc) is 3.13. The number of aliphatic hydroxyl groups is 1. The Kier molecular flexibility index (Phi) is 5.95. The van der Waals surface area contributed by atoms with E-state index in [1.165, 1.54) is 0 Å². The summed E-state index contributed by atoms with van der Waals surface area (Å²) in [5.41, 5.74) is 9.65. The number of primary amides is 1. The molecule has 34 heavy (non-hydrogen) atoms. The van der Waals surface area contributed by atoms with Crippen molar-refractivity contribution in [1.29, 1.82) is 0 Å². The quantitative estimate of drug-likeness (QED) is 0.616. The van der Waals surface area contributed by atoms with Crippen LogP contribution in [0.4, 0.5) is 0 Å². The molecule has 5 nitrogen and oxygen atoms in total. The molecule has 0 bridgehead atoms. The molecule has 1 aliphatic heterocycles. The molecule has 0 saturated heterocycles. The highest BCUT2D eigenvalue weighted by Crippen LogP contribution is 2.69. The first kappa shape index (κ1) is 22.7. The van der Waals surface area contributed by atoms with Crippen LogP contribution in [0.2, 0.25) is 0 Å². The van der Waals surface area contributed by atoms with Gasteiger partial charge < -0.3 is 15.3 Å². The highest BCUT2D eigenvalue weighted by atomic mass is 16.3. The van der Waals surface area contributed by atoms with Crippen LogP contribution in [0.5, 0.6) is 0 Å². The van der Waals surface area contributed by atoms with Crippen molar-refractivity contribution in [3.63, 3.8) is 0 Å². The lowest BCUT2D eigenvalue weighted by atomic mass is 9.92. The largest absolute Gasteiger partial charge is 0.464 e. The maximum absolute atomic E-state index is 11.2. The number of furan rings is 1. The van der Waals surface area contributed by atoms with E-state index in [9.17, 15) is 9.90 Å². The van der Waals surface area contributed by atoms with Gasteiger partial charge in [-0.05, 0) is 79.5 Å². The van der Waals surface area contributed by atoms with E-state index in [1.54, 1.807) is 13.1 Å². The summed E-state index contributed by atoms with van der Waals surface area (Å²) >= 11 is 0. The third-order valence-corrected chi connectivity index (χ3v) is 7.90. The van der Waals surface area contributed by atoms with Crippen LogP contribution >= 0.6 is 0 Å². The Hall–Kier alpha value is -3.10. The average molecular weight is 457 g/mol. The maximum Gasteiger partial charge on any atom is 0.217 e. The van der Waals surface area contributed by atoms with Gasteiger partial charge in [-0.15, -0.1) is 0 Å². The lowest BCUT2D eigenvalue weighted by Crippen LogP contribution is -2.22. The summed E-state index contributed by atoms with van der Waals surface area (Å²) in [6.07, 6.45) is 9.48. The molecule has 2 fully saturated rings. The van der Waals surface area contributed by atoms with Crippen LogP contribution in [0.1, 0.15) is 50.7 Å². The van der Waals surface area contributed by atoms with Crippen LogP contribution in [0.15, 0.2) is 58.3 Å². The van der Waals surface area contributed by atoms with Crippen molar-refractivity contribution in [1.82, 2.24) is 0 Å². The third kappa shape index (κ3) is 4.60. The van der Waals surface area contributed by atoms with Crippen LogP contribution in [0.25, 0.3) is 11.3 Å². The van der Waals surface area contributed by atoms with E-state index < -0.39 is 6.10 Å².